The number of urea groups is 1. The third-order valence-electron chi connectivity index (χ3n) is 4.20. The molecule has 2 aromatic carbocycles. The van der Waals surface area contributed by atoms with Gasteiger partial charge in [0.25, 0.3) is 0 Å². The number of benzene rings is 2. The molecule has 25 heavy (non-hydrogen) atoms. The van der Waals surface area contributed by atoms with E-state index >= 15 is 0 Å². The highest BCUT2D eigenvalue weighted by Gasteiger charge is 2.13. The zero-order valence-electron chi connectivity index (χ0n) is 14.8. The molecule has 0 aliphatic heterocycles. The van der Waals surface area contributed by atoms with Gasteiger partial charge < -0.3 is 10.6 Å². The molecule has 2 N–H and O–H groups in total. The van der Waals surface area contributed by atoms with Crippen LogP contribution in [0.5, 0.6) is 0 Å². The van der Waals surface area contributed by atoms with Gasteiger partial charge in [0.15, 0.2) is 0 Å². The average Bonchev–Trinajstić information content (AvgIpc) is 2.60. The minimum absolute atomic E-state index is 0.131. The van der Waals surface area contributed by atoms with Crippen molar-refractivity contribution in [1.82, 2.24) is 10.3 Å². The van der Waals surface area contributed by atoms with Crippen molar-refractivity contribution in [3.8, 4) is 0 Å². The van der Waals surface area contributed by atoms with Gasteiger partial charge >= 0.3 is 6.03 Å². The minimum atomic E-state index is -0.226. The molecule has 2 amide bonds. The maximum absolute atomic E-state index is 12.2. The van der Waals surface area contributed by atoms with Crippen molar-refractivity contribution in [1.29, 1.82) is 0 Å². The van der Waals surface area contributed by atoms with Gasteiger partial charge in [-0.3, -0.25) is 4.98 Å². The molecular formula is C21H23N3O. The predicted molar refractivity (Wildman–Crippen MR) is 103 cm³/mol. The highest BCUT2D eigenvalue weighted by molar-refractivity contribution is 6.01. The molecule has 128 valence electrons. The molecule has 3 aromatic rings. The highest BCUT2D eigenvalue weighted by Crippen LogP contribution is 2.23. The molecule has 0 bridgehead atoms. The number of fused-ring (bicyclic) bond motifs is 1. The zero-order valence-corrected chi connectivity index (χ0v) is 14.8. The van der Waals surface area contributed by atoms with Gasteiger partial charge in [-0.25, -0.2) is 4.79 Å². The summed E-state index contributed by atoms with van der Waals surface area (Å²) in [5.74, 6) is 0. The van der Waals surface area contributed by atoms with E-state index in [1.807, 2.05) is 24.3 Å². The van der Waals surface area contributed by atoms with Crippen molar-refractivity contribution >= 4 is 22.5 Å². The topological polar surface area (TPSA) is 54.0 Å². The molecule has 0 atom stereocenters. The van der Waals surface area contributed by atoms with E-state index in [4.69, 9.17) is 0 Å². The summed E-state index contributed by atoms with van der Waals surface area (Å²) in [4.78, 5) is 16.3. The Balaban J connectivity index is 1.63. The summed E-state index contributed by atoms with van der Waals surface area (Å²) in [5, 5.41) is 7.77. The molecule has 0 saturated heterocycles. The second-order valence-electron chi connectivity index (χ2n) is 7.16. The fourth-order valence-electron chi connectivity index (χ4n) is 2.69. The molecule has 4 nitrogen and oxygen atoms in total. The standard InChI is InChI=1S/C21H23N3O/c1-21(2,3)17-9-7-15(8-10-17)13-23-20(25)24-19-6-4-5-16-11-12-22-14-18(16)19/h4-12,14H,13H2,1-3H3,(H2,23,24,25). The lowest BCUT2D eigenvalue weighted by atomic mass is 9.87. The van der Waals surface area contributed by atoms with Crippen molar-refractivity contribution in [2.45, 2.75) is 32.7 Å². The summed E-state index contributed by atoms with van der Waals surface area (Å²) >= 11 is 0. The maximum atomic E-state index is 12.2. The van der Waals surface area contributed by atoms with Gasteiger partial charge in [0, 0.05) is 24.3 Å². The van der Waals surface area contributed by atoms with Crippen LogP contribution in [-0.2, 0) is 12.0 Å². The van der Waals surface area contributed by atoms with E-state index in [1.54, 1.807) is 12.4 Å². The normalized spacial score (nSPS) is 11.3. The minimum Gasteiger partial charge on any atom is -0.334 e. The summed E-state index contributed by atoms with van der Waals surface area (Å²) in [6, 6.07) is 15.8. The Bertz CT molecular complexity index is 874. The average molecular weight is 333 g/mol. The number of amides is 2. The van der Waals surface area contributed by atoms with E-state index in [-0.39, 0.29) is 11.4 Å². The van der Waals surface area contributed by atoms with Gasteiger partial charge in [-0.15, -0.1) is 0 Å². The fourth-order valence-corrected chi connectivity index (χ4v) is 2.69. The second kappa shape index (κ2) is 6.93. The van der Waals surface area contributed by atoms with Crippen molar-refractivity contribution in [2.75, 3.05) is 5.32 Å². The molecule has 0 spiro atoms. The van der Waals surface area contributed by atoms with E-state index in [0.29, 0.717) is 6.54 Å². The first kappa shape index (κ1) is 17.0. The number of hydrogen-bond acceptors (Lipinski definition) is 2. The molecule has 0 unspecified atom stereocenters. The number of carbonyl (C=O) groups excluding carboxylic acids is 1. The van der Waals surface area contributed by atoms with E-state index in [1.165, 1.54) is 5.56 Å². The Morgan fingerprint density at radius 1 is 1.04 bits per heavy atom. The smallest absolute Gasteiger partial charge is 0.319 e. The number of hydrogen-bond donors (Lipinski definition) is 2. The van der Waals surface area contributed by atoms with Gasteiger partial charge in [-0.1, -0.05) is 57.2 Å². The second-order valence-corrected chi connectivity index (χ2v) is 7.16. The van der Waals surface area contributed by atoms with E-state index in [2.05, 4.69) is 60.7 Å². The number of carbonyl (C=O) groups is 1. The summed E-state index contributed by atoms with van der Waals surface area (Å²) in [5.41, 5.74) is 3.24. The summed E-state index contributed by atoms with van der Waals surface area (Å²) in [7, 11) is 0. The number of aromatic nitrogens is 1. The van der Waals surface area contributed by atoms with Crippen LogP contribution >= 0.6 is 0 Å². The number of pyridine rings is 1. The molecule has 0 fully saturated rings. The molecule has 0 radical (unpaired) electrons. The van der Waals surface area contributed by atoms with Crippen molar-refractivity contribution in [2.24, 2.45) is 0 Å². The SMILES string of the molecule is CC(C)(C)c1ccc(CNC(=O)Nc2cccc3ccncc23)cc1. The van der Waals surface area contributed by atoms with Crippen LogP contribution in [0.1, 0.15) is 31.9 Å². The Hall–Kier alpha value is -2.88. The van der Waals surface area contributed by atoms with Crippen LogP contribution in [0.2, 0.25) is 0 Å². The van der Waals surface area contributed by atoms with Crippen LogP contribution < -0.4 is 10.6 Å². The first-order chi connectivity index (χ1) is 11.9. The molecule has 4 heteroatoms. The van der Waals surface area contributed by atoms with Gasteiger partial charge in [0.2, 0.25) is 0 Å². The largest absolute Gasteiger partial charge is 0.334 e. The summed E-state index contributed by atoms with van der Waals surface area (Å²) < 4.78 is 0. The number of anilines is 1. The zero-order chi connectivity index (χ0) is 17.9. The van der Waals surface area contributed by atoms with Crippen LogP contribution in [0.4, 0.5) is 10.5 Å². The van der Waals surface area contributed by atoms with E-state index in [0.717, 1.165) is 22.0 Å². The lowest BCUT2D eigenvalue weighted by molar-refractivity contribution is 0.252. The number of nitrogens with zero attached hydrogens (tertiary/aromatic N) is 1. The first-order valence-electron chi connectivity index (χ1n) is 8.40. The molecule has 1 heterocycles. The van der Waals surface area contributed by atoms with E-state index in [9.17, 15) is 4.79 Å². The van der Waals surface area contributed by atoms with Crippen LogP contribution in [0.3, 0.4) is 0 Å². The fraction of sp³-hybridized carbons (Fsp3) is 0.238. The monoisotopic (exact) mass is 333 g/mol. The van der Waals surface area contributed by atoms with Gasteiger partial charge in [-0.05, 0) is 34.1 Å². The molecule has 0 aliphatic carbocycles. The van der Waals surface area contributed by atoms with Gasteiger partial charge in [0.1, 0.15) is 0 Å². The molecule has 0 aliphatic rings. The predicted octanol–water partition coefficient (Wildman–Crippen LogP) is 4.85. The molecular weight excluding hydrogens is 310 g/mol. The van der Waals surface area contributed by atoms with Crippen LogP contribution in [0.15, 0.2) is 60.9 Å². The van der Waals surface area contributed by atoms with Crippen LogP contribution in [0, 0.1) is 0 Å². The maximum Gasteiger partial charge on any atom is 0.319 e. The molecule has 0 saturated carbocycles. The third kappa shape index (κ3) is 4.15. The van der Waals surface area contributed by atoms with E-state index < -0.39 is 0 Å². The van der Waals surface area contributed by atoms with Crippen molar-refractivity contribution in [3.63, 3.8) is 0 Å². The quantitative estimate of drug-likeness (QED) is 0.719. The van der Waals surface area contributed by atoms with Gasteiger partial charge in [0.05, 0.1) is 5.69 Å². The van der Waals surface area contributed by atoms with Crippen molar-refractivity contribution < 1.29 is 4.79 Å². The van der Waals surface area contributed by atoms with Crippen LogP contribution in [-0.4, -0.2) is 11.0 Å². The molecule has 3 rings (SSSR count). The third-order valence-corrected chi connectivity index (χ3v) is 4.20. The highest BCUT2D eigenvalue weighted by atomic mass is 16.2. The van der Waals surface area contributed by atoms with Gasteiger partial charge in [-0.2, -0.15) is 0 Å². The number of rotatable bonds is 3. The van der Waals surface area contributed by atoms with Crippen molar-refractivity contribution in [3.05, 3.63) is 72.1 Å². The Labute approximate surface area is 148 Å². The summed E-state index contributed by atoms with van der Waals surface area (Å²) in [6.07, 6.45) is 3.50. The van der Waals surface area contributed by atoms with Crippen LogP contribution in [0.25, 0.3) is 10.8 Å². The lowest BCUT2D eigenvalue weighted by Gasteiger charge is -2.19. The summed E-state index contributed by atoms with van der Waals surface area (Å²) in [6.45, 7) is 7.05. The Kier molecular flexibility index (Phi) is 4.70. The Morgan fingerprint density at radius 2 is 1.80 bits per heavy atom. The number of nitrogens with one attached hydrogen (secondary N) is 2. The first-order valence-corrected chi connectivity index (χ1v) is 8.40. The Morgan fingerprint density at radius 3 is 2.52 bits per heavy atom. The lowest BCUT2D eigenvalue weighted by Crippen LogP contribution is -2.28. The molecule has 1 aromatic heterocycles.